The molecule has 1 fully saturated rings. The first-order valence-electron chi connectivity index (χ1n) is 5.40. The highest BCUT2D eigenvalue weighted by atomic mass is 16.2. The van der Waals surface area contributed by atoms with Crippen molar-refractivity contribution in [3.63, 3.8) is 0 Å². The molecule has 5 nitrogen and oxygen atoms in total. The standard InChI is InChI=1S/C11H16N4O.2H2/c1-15-7-4-10(8-15)14-11(16)13-9-2-5-12-6-3-9;;/h2-3,5-6,10H,4,7-8H2,1H3,(H2,12,13,14,16);2*1H/t10-;;/m1../s1. The fourth-order valence-electron chi connectivity index (χ4n) is 1.84. The molecule has 0 aliphatic carbocycles. The molecule has 5 heteroatoms. The summed E-state index contributed by atoms with van der Waals surface area (Å²) in [5.74, 6) is 0. The lowest BCUT2D eigenvalue weighted by Gasteiger charge is -2.13. The first kappa shape index (κ1) is 10.9. The largest absolute Gasteiger partial charge is 0.334 e. The van der Waals surface area contributed by atoms with Crippen LogP contribution in [0.25, 0.3) is 0 Å². The lowest BCUT2D eigenvalue weighted by Crippen LogP contribution is -2.39. The van der Waals surface area contributed by atoms with Crippen LogP contribution in [-0.2, 0) is 0 Å². The summed E-state index contributed by atoms with van der Waals surface area (Å²) in [6, 6.07) is 3.64. The van der Waals surface area contributed by atoms with E-state index in [0.717, 1.165) is 25.2 Å². The molecule has 1 atom stereocenters. The van der Waals surface area contributed by atoms with Crippen molar-refractivity contribution in [3.05, 3.63) is 24.5 Å². The molecule has 1 aromatic rings. The van der Waals surface area contributed by atoms with E-state index in [1.165, 1.54) is 0 Å². The van der Waals surface area contributed by atoms with Crippen LogP contribution >= 0.6 is 0 Å². The Morgan fingerprint density at radius 2 is 2.31 bits per heavy atom. The highest BCUT2D eigenvalue weighted by molar-refractivity contribution is 5.89. The van der Waals surface area contributed by atoms with Crippen LogP contribution in [0.3, 0.4) is 0 Å². The number of hydrogen-bond donors (Lipinski definition) is 2. The number of pyridine rings is 1. The summed E-state index contributed by atoms with van der Waals surface area (Å²) in [5, 5.41) is 5.72. The van der Waals surface area contributed by atoms with Gasteiger partial charge >= 0.3 is 6.03 Å². The molecule has 90 valence electrons. The molecular formula is C11H20N4O. The first-order valence-corrected chi connectivity index (χ1v) is 5.40. The highest BCUT2D eigenvalue weighted by Gasteiger charge is 2.20. The highest BCUT2D eigenvalue weighted by Crippen LogP contribution is 2.07. The molecule has 2 heterocycles. The van der Waals surface area contributed by atoms with Gasteiger partial charge in [-0.15, -0.1) is 0 Å². The van der Waals surface area contributed by atoms with Gasteiger partial charge in [0.15, 0.2) is 0 Å². The molecule has 2 amide bonds. The van der Waals surface area contributed by atoms with Crippen LogP contribution in [0.2, 0.25) is 0 Å². The zero-order valence-corrected chi connectivity index (χ0v) is 9.31. The summed E-state index contributed by atoms with van der Waals surface area (Å²) >= 11 is 0. The van der Waals surface area contributed by atoms with Crippen molar-refractivity contribution >= 4 is 11.7 Å². The third-order valence-corrected chi connectivity index (χ3v) is 2.66. The lowest BCUT2D eigenvalue weighted by atomic mass is 10.3. The maximum absolute atomic E-state index is 11.6. The van der Waals surface area contributed by atoms with Gasteiger partial charge in [0.1, 0.15) is 0 Å². The normalized spacial score (nSPS) is 20.7. The third kappa shape index (κ3) is 2.93. The van der Waals surface area contributed by atoms with Crippen molar-refractivity contribution in [1.82, 2.24) is 15.2 Å². The van der Waals surface area contributed by atoms with Gasteiger partial charge in [0.2, 0.25) is 0 Å². The van der Waals surface area contributed by atoms with Crippen LogP contribution in [-0.4, -0.2) is 42.1 Å². The lowest BCUT2D eigenvalue weighted by molar-refractivity contribution is 0.248. The Morgan fingerprint density at radius 3 is 2.94 bits per heavy atom. The van der Waals surface area contributed by atoms with Gasteiger partial charge in [-0.05, 0) is 32.1 Å². The second kappa shape index (κ2) is 4.94. The molecule has 1 aliphatic rings. The number of nitrogens with one attached hydrogen (secondary N) is 2. The average Bonchev–Trinajstić information content (AvgIpc) is 2.65. The summed E-state index contributed by atoms with van der Waals surface area (Å²) < 4.78 is 0. The number of rotatable bonds is 2. The molecule has 0 radical (unpaired) electrons. The zero-order chi connectivity index (χ0) is 11.4. The second-order valence-electron chi connectivity index (χ2n) is 4.08. The summed E-state index contributed by atoms with van der Waals surface area (Å²) in [6.07, 6.45) is 4.32. The quantitative estimate of drug-likeness (QED) is 0.798. The number of aromatic nitrogens is 1. The van der Waals surface area contributed by atoms with Crippen LogP contribution in [0.4, 0.5) is 10.5 Å². The molecule has 16 heavy (non-hydrogen) atoms. The predicted molar refractivity (Wildman–Crippen MR) is 66.5 cm³/mol. The van der Waals surface area contributed by atoms with E-state index in [2.05, 4.69) is 27.6 Å². The van der Waals surface area contributed by atoms with E-state index in [9.17, 15) is 4.79 Å². The van der Waals surface area contributed by atoms with Crippen molar-refractivity contribution in [2.45, 2.75) is 12.5 Å². The van der Waals surface area contributed by atoms with E-state index in [-0.39, 0.29) is 14.9 Å². The van der Waals surface area contributed by atoms with Gasteiger partial charge in [0.05, 0.1) is 0 Å². The minimum atomic E-state index is -0.147. The van der Waals surface area contributed by atoms with Crippen LogP contribution in [0.15, 0.2) is 24.5 Å². The van der Waals surface area contributed by atoms with Crippen LogP contribution in [0, 0.1) is 0 Å². The van der Waals surface area contributed by atoms with Crippen molar-refractivity contribution in [1.29, 1.82) is 0 Å². The average molecular weight is 224 g/mol. The maximum Gasteiger partial charge on any atom is 0.319 e. The molecule has 1 aliphatic heterocycles. The molecule has 2 N–H and O–H groups in total. The van der Waals surface area contributed by atoms with Gasteiger partial charge in [0.25, 0.3) is 0 Å². The minimum Gasteiger partial charge on any atom is -0.334 e. The molecule has 0 aromatic carbocycles. The van der Waals surface area contributed by atoms with E-state index >= 15 is 0 Å². The number of hydrogen-bond acceptors (Lipinski definition) is 3. The monoisotopic (exact) mass is 224 g/mol. The van der Waals surface area contributed by atoms with E-state index in [1.807, 2.05) is 0 Å². The Labute approximate surface area is 97.8 Å². The van der Waals surface area contributed by atoms with E-state index < -0.39 is 0 Å². The number of urea groups is 1. The molecule has 1 aromatic heterocycles. The molecule has 0 unspecified atom stereocenters. The SMILES string of the molecule is CN1CC[C@@H](NC(=O)Nc2ccncc2)C1.[HH].[HH]. The minimum absolute atomic E-state index is 0. The summed E-state index contributed by atoms with van der Waals surface area (Å²) in [7, 11) is 2.06. The number of anilines is 1. The van der Waals surface area contributed by atoms with Gasteiger partial charge in [-0.1, -0.05) is 0 Å². The van der Waals surface area contributed by atoms with E-state index in [4.69, 9.17) is 0 Å². The Balaban J connectivity index is 0.00000144. The van der Waals surface area contributed by atoms with E-state index in [0.29, 0.717) is 0 Å². The number of likely N-dealkylation sites (N-methyl/N-ethyl adjacent to an activating group) is 1. The fraction of sp³-hybridized carbons (Fsp3) is 0.455. The van der Waals surface area contributed by atoms with Gasteiger partial charge in [-0.25, -0.2) is 4.79 Å². The van der Waals surface area contributed by atoms with Crippen molar-refractivity contribution in [3.8, 4) is 0 Å². The Hall–Kier alpha value is -1.62. The summed E-state index contributed by atoms with van der Waals surface area (Å²) in [5.41, 5.74) is 0.763. The van der Waals surface area contributed by atoms with Gasteiger partial charge in [-0.2, -0.15) is 0 Å². The Morgan fingerprint density at radius 1 is 1.56 bits per heavy atom. The number of amides is 2. The van der Waals surface area contributed by atoms with Crippen molar-refractivity contribution in [2.24, 2.45) is 0 Å². The zero-order valence-electron chi connectivity index (χ0n) is 9.31. The van der Waals surface area contributed by atoms with Gasteiger partial charge in [0, 0.05) is 33.5 Å². The number of carbonyl (C=O) groups is 1. The van der Waals surface area contributed by atoms with Crippen molar-refractivity contribution in [2.75, 3.05) is 25.5 Å². The smallest absolute Gasteiger partial charge is 0.319 e. The molecule has 0 saturated carbocycles. The Bertz CT molecular complexity index is 363. The topological polar surface area (TPSA) is 57.3 Å². The van der Waals surface area contributed by atoms with Crippen molar-refractivity contribution < 1.29 is 7.65 Å². The molecule has 1 saturated heterocycles. The number of likely N-dealkylation sites (tertiary alicyclic amines) is 1. The first-order chi connectivity index (χ1) is 7.74. The maximum atomic E-state index is 11.6. The summed E-state index contributed by atoms with van der Waals surface area (Å²) in [4.78, 5) is 17.7. The predicted octanol–water partition coefficient (Wildman–Crippen LogP) is 1.40. The number of carbonyl (C=O) groups excluding carboxylic acids is 1. The van der Waals surface area contributed by atoms with Gasteiger partial charge < -0.3 is 15.5 Å². The second-order valence-corrected chi connectivity index (χ2v) is 4.08. The van der Waals surface area contributed by atoms with Crippen LogP contribution < -0.4 is 10.6 Å². The van der Waals surface area contributed by atoms with Crippen LogP contribution in [0.1, 0.15) is 9.27 Å². The fourth-order valence-corrected chi connectivity index (χ4v) is 1.84. The summed E-state index contributed by atoms with van der Waals surface area (Å²) in [6.45, 7) is 1.96. The van der Waals surface area contributed by atoms with Gasteiger partial charge in [-0.3, -0.25) is 4.98 Å². The van der Waals surface area contributed by atoms with Crippen LogP contribution in [0.5, 0.6) is 0 Å². The molecular weight excluding hydrogens is 204 g/mol. The third-order valence-electron chi connectivity index (χ3n) is 2.66. The number of nitrogens with zero attached hydrogens (tertiary/aromatic N) is 2. The van der Waals surface area contributed by atoms with E-state index in [1.54, 1.807) is 24.5 Å². The Kier molecular flexibility index (Phi) is 3.36. The molecule has 2 rings (SSSR count). The molecule has 0 spiro atoms. The molecule has 0 bridgehead atoms.